The Kier molecular flexibility index (Phi) is 2.82. The highest BCUT2D eigenvalue weighted by molar-refractivity contribution is 5.83. The molecule has 2 rings (SSSR count). The molecule has 5 heteroatoms. The van der Waals surface area contributed by atoms with Crippen molar-refractivity contribution in [3.05, 3.63) is 40.2 Å². The Bertz CT molecular complexity index is 630. The van der Waals surface area contributed by atoms with Gasteiger partial charge in [-0.2, -0.15) is 0 Å². The Balaban J connectivity index is 2.69. The number of rotatable bonds is 3. The molecule has 0 bridgehead atoms. The van der Waals surface area contributed by atoms with Gasteiger partial charge in [-0.25, -0.2) is 0 Å². The first kappa shape index (κ1) is 11.2. The van der Waals surface area contributed by atoms with Gasteiger partial charge in [0.15, 0.2) is 5.43 Å². The van der Waals surface area contributed by atoms with Crippen LogP contribution in [0.4, 0.5) is 0 Å². The van der Waals surface area contributed by atoms with E-state index < -0.39 is 5.97 Å². The predicted molar refractivity (Wildman–Crippen MR) is 62.5 cm³/mol. The smallest absolute Gasteiger partial charge is 0.307 e. The lowest BCUT2D eigenvalue weighted by atomic mass is 10.1. The number of nitrogens with one attached hydrogen (secondary N) is 1. The molecule has 0 radical (unpaired) electrons. The topological polar surface area (TPSA) is 79.4 Å². The van der Waals surface area contributed by atoms with Crippen LogP contribution < -0.4 is 10.2 Å². The average molecular weight is 233 g/mol. The van der Waals surface area contributed by atoms with E-state index >= 15 is 0 Å². The van der Waals surface area contributed by atoms with Gasteiger partial charge in [0, 0.05) is 29.3 Å². The minimum atomic E-state index is -0.963. The maximum Gasteiger partial charge on any atom is 0.307 e. The molecule has 0 saturated carbocycles. The van der Waals surface area contributed by atoms with Crippen molar-refractivity contribution in [3.8, 4) is 5.75 Å². The van der Waals surface area contributed by atoms with E-state index in [2.05, 4.69) is 4.98 Å². The Hall–Kier alpha value is -2.30. The number of carboxylic acids is 1. The van der Waals surface area contributed by atoms with Gasteiger partial charge in [0.05, 0.1) is 19.0 Å². The van der Waals surface area contributed by atoms with Gasteiger partial charge in [-0.05, 0) is 6.07 Å². The molecule has 1 heterocycles. The zero-order chi connectivity index (χ0) is 12.4. The second-order valence-corrected chi connectivity index (χ2v) is 3.62. The van der Waals surface area contributed by atoms with E-state index in [9.17, 15) is 9.59 Å². The SMILES string of the molecule is COc1cc2[nH]ccc(=O)c2cc1CC(=O)O. The molecule has 0 amide bonds. The molecule has 0 fully saturated rings. The van der Waals surface area contributed by atoms with Crippen LogP contribution in [0.1, 0.15) is 5.56 Å². The molecule has 2 aromatic rings. The summed E-state index contributed by atoms with van der Waals surface area (Å²) in [6.07, 6.45) is 1.37. The average Bonchev–Trinajstić information content (AvgIpc) is 2.29. The lowest BCUT2D eigenvalue weighted by Crippen LogP contribution is -2.06. The fourth-order valence-corrected chi connectivity index (χ4v) is 1.74. The minimum absolute atomic E-state index is 0.145. The van der Waals surface area contributed by atoms with E-state index in [4.69, 9.17) is 9.84 Å². The summed E-state index contributed by atoms with van der Waals surface area (Å²) in [5, 5.41) is 9.25. The number of aromatic amines is 1. The van der Waals surface area contributed by atoms with Crippen molar-refractivity contribution in [1.82, 2.24) is 4.98 Å². The standard InChI is InChI=1S/C12H11NO4/c1-17-11-6-9-8(10(14)2-3-13-9)4-7(11)5-12(15)16/h2-4,6H,5H2,1H3,(H,13,14)(H,15,16). The number of H-pyrrole nitrogens is 1. The number of aromatic nitrogens is 1. The molecule has 0 spiro atoms. The molecule has 0 aliphatic heterocycles. The Morgan fingerprint density at radius 3 is 2.88 bits per heavy atom. The summed E-state index contributed by atoms with van der Waals surface area (Å²) in [6, 6.07) is 4.59. The van der Waals surface area contributed by atoms with Crippen LogP contribution in [0.15, 0.2) is 29.2 Å². The summed E-state index contributed by atoms with van der Waals surface area (Å²) in [5.41, 5.74) is 0.973. The Labute approximate surface area is 96.7 Å². The van der Waals surface area contributed by atoms with Gasteiger partial charge < -0.3 is 14.8 Å². The van der Waals surface area contributed by atoms with Crippen LogP contribution in [-0.2, 0) is 11.2 Å². The molecule has 5 nitrogen and oxygen atoms in total. The minimum Gasteiger partial charge on any atom is -0.496 e. The Morgan fingerprint density at radius 1 is 1.47 bits per heavy atom. The van der Waals surface area contributed by atoms with E-state index in [1.54, 1.807) is 18.3 Å². The first-order valence-corrected chi connectivity index (χ1v) is 5.02. The number of carboxylic acid groups (broad SMARTS) is 1. The fraction of sp³-hybridized carbons (Fsp3) is 0.167. The van der Waals surface area contributed by atoms with Gasteiger partial charge in [0.2, 0.25) is 0 Å². The summed E-state index contributed by atoms with van der Waals surface area (Å²) in [4.78, 5) is 25.2. The van der Waals surface area contributed by atoms with Crippen molar-refractivity contribution in [2.45, 2.75) is 6.42 Å². The van der Waals surface area contributed by atoms with E-state index in [1.807, 2.05) is 0 Å². The van der Waals surface area contributed by atoms with Crippen LogP contribution in [0.2, 0.25) is 0 Å². The van der Waals surface area contributed by atoms with Gasteiger partial charge in [-0.1, -0.05) is 0 Å². The van der Waals surface area contributed by atoms with Crippen LogP contribution >= 0.6 is 0 Å². The second-order valence-electron chi connectivity index (χ2n) is 3.62. The van der Waals surface area contributed by atoms with Gasteiger partial charge in [-0.15, -0.1) is 0 Å². The van der Waals surface area contributed by atoms with Gasteiger partial charge in [-0.3, -0.25) is 9.59 Å². The third kappa shape index (κ3) is 2.13. The maximum absolute atomic E-state index is 11.6. The molecule has 1 aromatic heterocycles. The van der Waals surface area contributed by atoms with E-state index in [0.29, 0.717) is 22.2 Å². The predicted octanol–water partition coefficient (Wildman–Crippen LogP) is 1.16. The van der Waals surface area contributed by atoms with Crippen LogP contribution in [0, 0.1) is 0 Å². The highest BCUT2D eigenvalue weighted by Crippen LogP contribution is 2.23. The Morgan fingerprint density at radius 2 is 2.24 bits per heavy atom. The van der Waals surface area contributed by atoms with Crippen LogP contribution in [0.25, 0.3) is 10.9 Å². The number of hydrogen-bond acceptors (Lipinski definition) is 3. The molecule has 0 saturated heterocycles. The second kappa shape index (κ2) is 4.29. The van der Waals surface area contributed by atoms with Gasteiger partial charge in [0.1, 0.15) is 5.75 Å². The van der Waals surface area contributed by atoms with Crippen molar-refractivity contribution in [2.24, 2.45) is 0 Å². The third-order valence-corrected chi connectivity index (χ3v) is 2.50. The molecular formula is C12H11NO4. The molecule has 88 valence electrons. The highest BCUT2D eigenvalue weighted by atomic mass is 16.5. The molecule has 0 aliphatic carbocycles. The fourth-order valence-electron chi connectivity index (χ4n) is 1.74. The largest absolute Gasteiger partial charge is 0.496 e. The van der Waals surface area contributed by atoms with Crippen molar-refractivity contribution in [3.63, 3.8) is 0 Å². The summed E-state index contributed by atoms with van der Waals surface area (Å²) in [7, 11) is 1.47. The lowest BCUT2D eigenvalue weighted by Gasteiger charge is -2.08. The molecule has 1 aromatic carbocycles. The first-order chi connectivity index (χ1) is 8.11. The normalized spacial score (nSPS) is 10.4. The number of benzene rings is 1. The van der Waals surface area contributed by atoms with Crippen molar-refractivity contribution in [1.29, 1.82) is 0 Å². The number of hydrogen-bond donors (Lipinski definition) is 2. The molecule has 0 aliphatic rings. The maximum atomic E-state index is 11.6. The number of methoxy groups -OCH3 is 1. The molecular weight excluding hydrogens is 222 g/mol. The lowest BCUT2D eigenvalue weighted by molar-refractivity contribution is -0.136. The summed E-state index contributed by atoms with van der Waals surface area (Å²) < 4.78 is 5.11. The first-order valence-electron chi connectivity index (χ1n) is 5.02. The van der Waals surface area contributed by atoms with Crippen LogP contribution in [-0.4, -0.2) is 23.2 Å². The van der Waals surface area contributed by atoms with E-state index in [0.717, 1.165) is 0 Å². The van der Waals surface area contributed by atoms with Crippen molar-refractivity contribution >= 4 is 16.9 Å². The molecule has 2 N–H and O–H groups in total. The zero-order valence-electron chi connectivity index (χ0n) is 9.19. The van der Waals surface area contributed by atoms with Crippen LogP contribution in [0.3, 0.4) is 0 Å². The van der Waals surface area contributed by atoms with Gasteiger partial charge in [0.25, 0.3) is 0 Å². The van der Waals surface area contributed by atoms with Crippen molar-refractivity contribution in [2.75, 3.05) is 7.11 Å². The van der Waals surface area contributed by atoms with Gasteiger partial charge >= 0.3 is 5.97 Å². The summed E-state index contributed by atoms with van der Waals surface area (Å²) in [5.74, 6) is -0.503. The molecule has 0 unspecified atom stereocenters. The summed E-state index contributed by atoms with van der Waals surface area (Å²) in [6.45, 7) is 0. The zero-order valence-corrected chi connectivity index (χ0v) is 9.19. The van der Waals surface area contributed by atoms with Crippen LogP contribution in [0.5, 0.6) is 5.75 Å². The summed E-state index contributed by atoms with van der Waals surface area (Å²) >= 11 is 0. The number of fused-ring (bicyclic) bond motifs is 1. The quantitative estimate of drug-likeness (QED) is 0.833. The van der Waals surface area contributed by atoms with Crippen molar-refractivity contribution < 1.29 is 14.6 Å². The number of ether oxygens (including phenoxy) is 1. The van der Waals surface area contributed by atoms with E-state index in [-0.39, 0.29) is 11.8 Å². The number of aliphatic carboxylic acids is 1. The number of pyridine rings is 1. The highest BCUT2D eigenvalue weighted by Gasteiger charge is 2.10. The third-order valence-electron chi connectivity index (χ3n) is 2.50. The molecule has 17 heavy (non-hydrogen) atoms. The number of carbonyl (C=O) groups is 1. The van der Waals surface area contributed by atoms with E-state index in [1.165, 1.54) is 13.2 Å². The monoisotopic (exact) mass is 233 g/mol. The molecule has 0 atom stereocenters.